The van der Waals surface area contributed by atoms with Crippen LogP contribution in [0.5, 0.6) is 0 Å². The molecule has 5 heteroatoms. The Hall–Kier alpha value is -1.36. The van der Waals surface area contributed by atoms with Gasteiger partial charge in [0.1, 0.15) is 0 Å². The molecule has 0 aromatic carbocycles. The number of hydrogen-bond acceptors (Lipinski definition) is 4. The van der Waals surface area contributed by atoms with E-state index in [2.05, 4.69) is 24.1 Å². The summed E-state index contributed by atoms with van der Waals surface area (Å²) in [5.41, 5.74) is 5.40. The second-order valence-electron chi connectivity index (χ2n) is 4.41. The summed E-state index contributed by atoms with van der Waals surface area (Å²) >= 11 is 0. The van der Waals surface area contributed by atoms with Crippen LogP contribution in [0.2, 0.25) is 0 Å². The Kier molecular flexibility index (Phi) is 4.49. The molecule has 0 fully saturated rings. The highest BCUT2D eigenvalue weighted by Crippen LogP contribution is 1.99. The predicted octanol–water partition coefficient (Wildman–Crippen LogP) is 0.658. The summed E-state index contributed by atoms with van der Waals surface area (Å²) in [6, 6.07) is 0.0510. The van der Waals surface area contributed by atoms with Gasteiger partial charge in [-0.25, -0.2) is 4.98 Å². The van der Waals surface area contributed by atoms with E-state index < -0.39 is 0 Å². The predicted molar refractivity (Wildman–Crippen MR) is 65.5 cm³/mol. The molecule has 0 saturated heterocycles. The van der Waals surface area contributed by atoms with E-state index in [1.54, 1.807) is 17.0 Å². The van der Waals surface area contributed by atoms with E-state index in [1.165, 1.54) is 0 Å². The van der Waals surface area contributed by atoms with Crippen molar-refractivity contribution >= 4 is 5.82 Å². The van der Waals surface area contributed by atoms with Gasteiger partial charge in [0.2, 0.25) is 0 Å². The molecule has 0 radical (unpaired) electrons. The van der Waals surface area contributed by atoms with Crippen molar-refractivity contribution in [3.05, 3.63) is 22.7 Å². The first-order valence-corrected chi connectivity index (χ1v) is 5.56. The summed E-state index contributed by atoms with van der Waals surface area (Å²) in [7, 11) is 0. The standard InChI is InChI=1S/C11H20N4O/c1-8(2)7-15-5-4-13-10(11(15)16)14-9(3)6-12/h4-5,8-9H,6-7,12H2,1-3H3,(H,13,14). The minimum atomic E-state index is -0.0866. The van der Waals surface area contributed by atoms with Crippen LogP contribution >= 0.6 is 0 Å². The van der Waals surface area contributed by atoms with E-state index in [0.717, 1.165) is 0 Å². The smallest absolute Gasteiger partial charge is 0.293 e. The van der Waals surface area contributed by atoms with E-state index in [0.29, 0.717) is 24.8 Å². The van der Waals surface area contributed by atoms with Crippen LogP contribution in [0.3, 0.4) is 0 Å². The van der Waals surface area contributed by atoms with Gasteiger partial charge in [-0.2, -0.15) is 0 Å². The number of rotatable bonds is 5. The maximum absolute atomic E-state index is 12.0. The summed E-state index contributed by atoms with van der Waals surface area (Å²) in [4.78, 5) is 16.0. The Labute approximate surface area is 95.7 Å². The summed E-state index contributed by atoms with van der Waals surface area (Å²) in [6.45, 7) is 7.24. The van der Waals surface area contributed by atoms with E-state index in [9.17, 15) is 4.79 Å². The average Bonchev–Trinajstić information content (AvgIpc) is 2.23. The lowest BCUT2D eigenvalue weighted by Crippen LogP contribution is -2.32. The van der Waals surface area contributed by atoms with Crippen molar-refractivity contribution in [2.45, 2.75) is 33.4 Å². The van der Waals surface area contributed by atoms with Gasteiger partial charge in [0.05, 0.1) is 0 Å². The zero-order valence-electron chi connectivity index (χ0n) is 10.1. The van der Waals surface area contributed by atoms with Crippen molar-refractivity contribution in [2.24, 2.45) is 11.7 Å². The number of nitrogens with two attached hydrogens (primary N) is 1. The fraction of sp³-hybridized carbons (Fsp3) is 0.636. The van der Waals surface area contributed by atoms with E-state index >= 15 is 0 Å². The lowest BCUT2D eigenvalue weighted by molar-refractivity contribution is 0.509. The molecule has 0 aliphatic carbocycles. The number of nitrogens with one attached hydrogen (secondary N) is 1. The molecule has 1 atom stereocenters. The largest absolute Gasteiger partial charge is 0.362 e. The summed E-state index contributed by atoms with van der Waals surface area (Å²) in [6.07, 6.45) is 3.34. The van der Waals surface area contributed by atoms with Crippen molar-refractivity contribution in [3.63, 3.8) is 0 Å². The molecule has 16 heavy (non-hydrogen) atoms. The highest BCUT2D eigenvalue weighted by molar-refractivity contribution is 5.32. The molecule has 1 heterocycles. The lowest BCUT2D eigenvalue weighted by atomic mass is 10.2. The molecule has 0 bridgehead atoms. The topological polar surface area (TPSA) is 72.9 Å². The van der Waals surface area contributed by atoms with Crippen molar-refractivity contribution < 1.29 is 0 Å². The fourth-order valence-electron chi connectivity index (χ4n) is 1.38. The molecular formula is C11H20N4O. The van der Waals surface area contributed by atoms with Crippen LogP contribution in [-0.4, -0.2) is 22.1 Å². The maximum Gasteiger partial charge on any atom is 0.293 e. The van der Waals surface area contributed by atoms with Crippen LogP contribution in [0.1, 0.15) is 20.8 Å². The van der Waals surface area contributed by atoms with Gasteiger partial charge in [-0.1, -0.05) is 13.8 Å². The molecule has 0 amide bonds. The maximum atomic E-state index is 12.0. The summed E-state index contributed by atoms with van der Waals surface area (Å²) in [5, 5.41) is 3.00. The van der Waals surface area contributed by atoms with E-state index in [4.69, 9.17) is 5.73 Å². The quantitative estimate of drug-likeness (QED) is 0.770. The molecule has 0 aliphatic rings. The Morgan fingerprint density at radius 1 is 1.50 bits per heavy atom. The van der Waals surface area contributed by atoms with Crippen LogP contribution in [0.4, 0.5) is 5.82 Å². The van der Waals surface area contributed by atoms with Crippen molar-refractivity contribution in [1.29, 1.82) is 0 Å². The van der Waals surface area contributed by atoms with Crippen LogP contribution in [0, 0.1) is 5.92 Å². The first-order chi connectivity index (χ1) is 7.54. The van der Waals surface area contributed by atoms with Crippen LogP contribution < -0.4 is 16.6 Å². The minimum Gasteiger partial charge on any atom is -0.362 e. The molecular weight excluding hydrogens is 204 g/mol. The normalized spacial score (nSPS) is 12.8. The monoisotopic (exact) mass is 224 g/mol. The molecule has 90 valence electrons. The fourth-order valence-corrected chi connectivity index (χ4v) is 1.38. The number of aromatic nitrogens is 2. The zero-order chi connectivity index (χ0) is 12.1. The molecule has 1 unspecified atom stereocenters. The van der Waals surface area contributed by atoms with Gasteiger partial charge in [-0.15, -0.1) is 0 Å². The Morgan fingerprint density at radius 3 is 2.75 bits per heavy atom. The Balaban J connectivity index is 2.91. The molecule has 1 rings (SSSR count). The third-order valence-corrected chi connectivity index (χ3v) is 2.21. The number of anilines is 1. The lowest BCUT2D eigenvalue weighted by Gasteiger charge is -2.13. The number of hydrogen-bond donors (Lipinski definition) is 2. The van der Waals surface area contributed by atoms with Crippen molar-refractivity contribution in [3.8, 4) is 0 Å². The first kappa shape index (κ1) is 12.7. The SMILES string of the molecule is CC(C)Cn1ccnc(NC(C)CN)c1=O. The first-order valence-electron chi connectivity index (χ1n) is 5.56. The molecule has 0 saturated carbocycles. The zero-order valence-corrected chi connectivity index (χ0v) is 10.1. The van der Waals surface area contributed by atoms with Gasteiger partial charge >= 0.3 is 0 Å². The van der Waals surface area contributed by atoms with Gasteiger partial charge in [0, 0.05) is 31.5 Å². The second kappa shape index (κ2) is 5.65. The number of nitrogens with zero attached hydrogens (tertiary/aromatic N) is 2. The summed E-state index contributed by atoms with van der Waals surface area (Å²) in [5.74, 6) is 0.806. The molecule has 1 aromatic rings. The summed E-state index contributed by atoms with van der Waals surface area (Å²) < 4.78 is 1.67. The highest BCUT2D eigenvalue weighted by atomic mass is 16.1. The third-order valence-electron chi connectivity index (χ3n) is 2.21. The van der Waals surface area contributed by atoms with Crippen molar-refractivity contribution in [2.75, 3.05) is 11.9 Å². The average molecular weight is 224 g/mol. The molecule has 0 aliphatic heterocycles. The van der Waals surface area contributed by atoms with Gasteiger partial charge in [0.25, 0.3) is 5.56 Å². The third kappa shape index (κ3) is 3.34. The van der Waals surface area contributed by atoms with E-state index in [1.807, 2.05) is 6.92 Å². The Bertz CT molecular complexity index is 386. The molecule has 3 N–H and O–H groups in total. The van der Waals surface area contributed by atoms with E-state index in [-0.39, 0.29) is 11.6 Å². The molecule has 1 aromatic heterocycles. The van der Waals surface area contributed by atoms with Gasteiger partial charge in [-0.05, 0) is 12.8 Å². The second-order valence-corrected chi connectivity index (χ2v) is 4.41. The van der Waals surface area contributed by atoms with Gasteiger partial charge in [0.15, 0.2) is 5.82 Å². The van der Waals surface area contributed by atoms with Gasteiger partial charge < -0.3 is 15.6 Å². The van der Waals surface area contributed by atoms with Crippen LogP contribution in [0.25, 0.3) is 0 Å². The minimum absolute atomic E-state index is 0.0510. The van der Waals surface area contributed by atoms with Gasteiger partial charge in [-0.3, -0.25) is 4.79 Å². The Morgan fingerprint density at radius 2 is 2.19 bits per heavy atom. The highest BCUT2D eigenvalue weighted by Gasteiger charge is 2.07. The van der Waals surface area contributed by atoms with Crippen LogP contribution in [0.15, 0.2) is 17.2 Å². The van der Waals surface area contributed by atoms with Crippen LogP contribution in [-0.2, 0) is 6.54 Å². The van der Waals surface area contributed by atoms with Crippen molar-refractivity contribution in [1.82, 2.24) is 9.55 Å². The molecule has 0 spiro atoms. The molecule has 5 nitrogen and oxygen atoms in total.